The number of allylic oxidation sites excluding steroid dienone is 1. The molecule has 3 heteroatoms. The van der Waals surface area contributed by atoms with Crippen LogP contribution in [0.4, 0.5) is 0 Å². The van der Waals surface area contributed by atoms with Gasteiger partial charge in [0.2, 0.25) is 0 Å². The second-order valence-electron chi connectivity index (χ2n) is 7.09. The third kappa shape index (κ3) is 2.77. The average Bonchev–Trinajstić information content (AvgIpc) is 3.17. The van der Waals surface area contributed by atoms with Crippen LogP contribution >= 0.6 is 0 Å². The summed E-state index contributed by atoms with van der Waals surface area (Å²) in [6, 6.07) is 10.2. The zero-order valence-electron chi connectivity index (χ0n) is 13.6. The van der Waals surface area contributed by atoms with Gasteiger partial charge in [-0.05, 0) is 36.8 Å². The molecule has 0 unspecified atom stereocenters. The van der Waals surface area contributed by atoms with Crippen LogP contribution in [0.3, 0.4) is 0 Å². The summed E-state index contributed by atoms with van der Waals surface area (Å²) in [6.07, 6.45) is 5.22. The van der Waals surface area contributed by atoms with Crippen molar-refractivity contribution < 1.29 is 14.3 Å². The minimum absolute atomic E-state index is 0.0121. The van der Waals surface area contributed by atoms with Crippen molar-refractivity contribution in [2.45, 2.75) is 45.0 Å². The summed E-state index contributed by atoms with van der Waals surface area (Å²) in [6.45, 7) is 3.37. The summed E-state index contributed by atoms with van der Waals surface area (Å²) in [5.74, 6) is 1.52. The lowest BCUT2D eigenvalue weighted by molar-refractivity contribution is -0.122. The Morgan fingerprint density at radius 2 is 2.13 bits per heavy atom. The van der Waals surface area contributed by atoms with E-state index in [1.807, 2.05) is 18.2 Å². The zero-order chi connectivity index (χ0) is 15.8. The van der Waals surface area contributed by atoms with Crippen LogP contribution in [-0.4, -0.2) is 24.6 Å². The molecular weight excluding hydrogens is 288 g/mol. The molecule has 1 aliphatic heterocycles. The second kappa shape index (κ2) is 6.21. The van der Waals surface area contributed by atoms with E-state index in [-0.39, 0.29) is 18.1 Å². The molecule has 23 heavy (non-hydrogen) atoms. The molecule has 2 fully saturated rings. The normalized spacial score (nSPS) is 34.0. The zero-order valence-corrected chi connectivity index (χ0v) is 13.6. The van der Waals surface area contributed by atoms with E-state index < -0.39 is 0 Å². The van der Waals surface area contributed by atoms with Gasteiger partial charge in [0.15, 0.2) is 0 Å². The van der Waals surface area contributed by atoms with Crippen LogP contribution in [0, 0.1) is 17.8 Å². The number of fused-ring (bicyclic) bond motifs is 3. The number of ketones is 1. The Morgan fingerprint density at radius 3 is 2.96 bits per heavy atom. The van der Waals surface area contributed by atoms with Gasteiger partial charge >= 0.3 is 0 Å². The third-order valence-corrected chi connectivity index (χ3v) is 5.73. The highest BCUT2D eigenvalue weighted by Gasteiger charge is 2.49. The first-order valence-corrected chi connectivity index (χ1v) is 8.74. The number of hydrogen-bond acceptors (Lipinski definition) is 3. The van der Waals surface area contributed by atoms with Gasteiger partial charge in [0.05, 0.1) is 19.3 Å². The van der Waals surface area contributed by atoms with Gasteiger partial charge < -0.3 is 9.47 Å². The molecule has 1 saturated heterocycles. The maximum absolute atomic E-state index is 12.2. The standard InChI is InChI=1S/C20H24O3/c1-13(22-11-14-5-3-2-4-6-14)20-16-9-7-15-8-10-18(21)19(15)17(16)12-23-20/h2-6,9,13,15,17,19-20H,7-8,10-12H2,1H3/t13-,15-,17-,19+,20+/m0/s1. The molecule has 2 aliphatic carbocycles. The van der Waals surface area contributed by atoms with E-state index in [2.05, 4.69) is 25.1 Å². The molecule has 0 N–H and O–H groups in total. The smallest absolute Gasteiger partial charge is 0.136 e. The predicted molar refractivity (Wildman–Crippen MR) is 87.8 cm³/mol. The van der Waals surface area contributed by atoms with Gasteiger partial charge in [-0.15, -0.1) is 0 Å². The van der Waals surface area contributed by atoms with Gasteiger partial charge in [-0.1, -0.05) is 36.4 Å². The van der Waals surface area contributed by atoms with Crippen LogP contribution in [0.5, 0.6) is 0 Å². The highest BCUT2D eigenvalue weighted by Crippen LogP contribution is 2.48. The Hall–Kier alpha value is -1.45. The topological polar surface area (TPSA) is 35.5 Å². The van der Waals surface area contributed by atoms with Crippen LogP contribution in [-0.2, 0) is 20.9 Å². The molecule has 0 amide bonds. The van der Waals surface area contributed by atoms with Crippen LogP contribution in [0.1, 0.15) is 31.7 Å². The van der Waals surface area contributed by atoms with E-state index >= 15 is 0 Å². The van der Waals surface area contributed by atoms with Gasteiger partial charge in [0, 0.05) is 18.3 Å². The fourth-order valence-electron chi connectivity index (χ4n) is 4.53. The summed E-state index contributed by atoms with van der Waals surface area (Å²) in [5, 5.41) is 0. The van der Waals surface area contributed by atoms with Crippen molar-refractivity contribution in [3.63, 3.8) is 0 Å². The van der Waals surface area contributed by atoms with Gasteiger partial charge in [-0.25, -0.2) is 0 Å². The Kier molecular flexibility index (Phi) is 4.08. The van der Waals surface area contributed by atoms with Crippen LogP contribution in [0.25, 0.3) is 0 Å². The molecule has 0 radical (unpaired) electrons. The van der Waals surface area contributed by atoms with Crippen LogP contribution in [0.2, 0.25) is 0 Å². The molecule has 0 bridgehead atoms. The lowest BCUT2D eigenvalue weighted by Crippen LogP contribution is -2.33. The van der Waals surface area contributed by atoms with Gasteiger partial charge in [0.25, 0.3) is 0 Å². The first-order chi connectivity index (χ1) is 11.2. The predicted octanol–water partition coefficient (Wildman–Crippen LogP) is 3.53. The van der Waals surface area contributed by atoms with Crippen LogP contribution in [0.15, 0.2) is 42.0 Å². The molecular formula is C20H24O3. The number of Topliss-reactive ketones (excluding diaryl/α,β-unsaturated/α-hetero) is 1. The van der Waals surface area contributed by atoms with E-state index in [1.54, 1.807) is 0 Å². The van der Waals surface area contributed by atoms with Crippen molar-refractivity contribution in [1.29, 1.82) is 0 Å². The minimum Gasteiger partial charge on any atom is -0.371 e. The maximum atomic E-state index is 12.2. The van der Waals surface area contributed by atoms with Crippen molar-refractivity contribution in [1.82, 2.24) is 0 Å². The first kappa shape index (κ1) is 15.1. The number of carbonyl (C=O) groups excluding carboxylic acids is 1. The summed E-state index contributed by atoms with van der Waals surface area (Å²) >= 11 is 0. The second-order valence-corrected chi connectivity index (χ2v) is 7.09. The van der Waals surface area contributed by atoms with Gasteiger partial charge in [-0.2, -0.15) is 0 Å². The third-order valence-electron chi connectivity index (χ3n) is 5.73. The van der Waals surface area contributed by atoms with Crippen LogP contribution < -0.4 is 0 Å². The highest BCUT2D eigenvalue weighted by molar-refractivity contribution is 5.84. The molecule has 1 aromatic carbocycles. The Morgan fingerprint density at radius 1 is 1.30 bits per heavy atom. The van der Waals surface area contributed by atoms with Crippen molar-refractivity contribution in [3.05, 3.63) is 47.5 Å². The summed E-state index contributed by atoms with van der Waals surface area (Å²) in [7, 11) is 0. The molecule has 0 aromatic heterocycles. The van der Waals surface area contributed by atoms with E-state index in [0.29, 0.717) is 30.8 Å². The summed E-state index contributed by atoms with van der Waals surface area (Å²) in [5.41, 5.74) is 2.50. The van der Waals surface area contributed by atoms with Crippen molar-refractivity contribution >= 4 is 5.78 Å². The Balaban J connectivity index is 1.43. The molecule has 4 rings (SSSR count). The number of rotatable bonds is 4. The SMILES string of the molecule is C[C@H](OCc1ccccc1)[C@H]1OC[C@H]2C1=CC[C@H]1CCC(=O)[C@H]12. The quantitative estimate of drug-likeness (QED) is 0.798. The number of carbonyl (C=O) groups is 1. The lowest BCUT2D eigenvalue weighted by atomic mass is 9.73. The van der Waals surface area contributed by atoms with E-state index in [1.165, 1.54) is 11.1 Å². The summed E-state index contributed by atoms with van der Waals surface area (Å²) in [4.78, 5) is 12.2. The molecule has 1 saturated carbocycles. The molecule has 1 aromatic rings. The number of benzene rings is 1. The number of hydrogen-bond donors (Lipinski definition) is 0. The Bertz CT molecular complexity index is 607. The molecule has 1 heterocycles. The van der Waals surface area contributed by atoms with E-state index in [0.717, 1.165) is 19.3 Å². The lowest BCUT2D eigenvalue weighted by Gasteiger charge is -2.30. The van der Waals surface area contributed by atoms with Crippen molar-refractivity contribution in [3.8, 4) is 0 Å². The number of ether oxygens (including phenoxy) is 2. The van der Waals surface area contributed by atoms with E-state index in [9.17, 15) is 4.79 Å². The molecule has 122 valence electrons. The molecule has 3 aliphatic rings. The molecule has 5 atom stereocenters. The van der Waals surface area contributed by atoms with Crippen molar-refractivity contribution in [2.24, 2.45) is 17.8 Å². The Labute approximate surface area is 137 Å². The van der Waals surface area contributed by atoms with Gasteiger partial charge in [-0.3, -0.25) is 4.79 Å². The molecule has 3 nitrogen and oxygen atoms in total. The summed E-state index contributed by atoms with van der Waals surface area (Å²) < 4.78 is 12.1. The van der Waals surface area contributed by atoms with Gasteiger partial charge in [0.1, 0.15) is 11.9 Å². The monoisotopic (exact) mass is 312 g/mol. The average molecular weight is 312 g/mol. The molecule has 0 spiro atoms. The fourth-order valence-corrected chi connectivity index (χ4v) is 4.53. The largest absolute Gasteiger partial charge is 0.371 e. The van der Waals surface area contributed by atoms with Crippen molar-refractivity contribution in [2.75, 3.05) is 6.61 Å². The van der Waals surface area contributed by atoms with E-state index in [4.69, 9.17) is 9.47 Å². The maximum Gasteiger partial charge on any atom is 0.136 e. The minimum atomic E-state index is 0.0121. The highest BCUT2D eigenvalue weighted by atomic mass is 16.5. The fraction of sp³-hybridized carbons (Fsp3) is 0.550. The first-order valence-electron chi connectivity index (χ1n) is 8.74.